The maximum Gasteiger partial charge on any atom is 0.337 e. The fourth-order valence-corrected chi connectivity index (χ4v) is 4.26. The summed E-state index contributed by atoms with van der Waals surface area (Å²) in [5.74, 6) is -0.492. The molecule has 0 radical (unpaired) electrons. The second kappa shape index (κ2) is 9.92. The Morgan fingerprint density at radius 3 is 2.55 bits per heavy atom. The number of morpholine rings is 1. The highest BCUT2D eigenvalue weighted by Gasteiger charge is 2.23. The Bertz CT molecular complexity index is 1170. The van der Waals surface area contributed by atoms with Crippen molar-refractivity contribution in [3.05, 3.63) is 65.7 Å². The van der Waals surface area contributed by atoms with E-state index in [0.717, 1.165) is 16.3 Å². The maximum absolute atomic E-state index is 12.7. The number of benzene rings is 3. The van der Waals surface area contributed by atoms with Crippen LogP contribution in [0.15, 0.2) is 54.6 Å². The van der Waals surface area contributed by atoms with Gasteiger partial charge in [-0.3, -0.25) is 4.79 Å². The minimum absolute atomic E-state index is 0.170. The molecule has 33 heavy (non-hydrogen) atoms. The molecule has 1 fully saturated rings. The van der Waals surface area contributed by atoms with Crippen LogP contribution in [0, 0.1) is 0 Å². The van der Waals surface area contributed by atoms with Gasteiger partial charge in [0.2, 0.25) is 5.91 Å². The van der Waals surface area contributed by atoms with E-state index in [2.05, 4.69) is 0 Å². The van der Waals surface area contributed by atoms with Crippen molar-refractivity contribution in [2.45, 2.75) is 20.4 Å². The van der Waals surface area contributed by atoms with E-state index in [0.29, 0.717) is 50.0 Å². The van der Waals surface area contributed by atoms with E-state index in [9.17, 15) is 14.7 Å². The third-order valence-corrected chi connectivity index (χ3v) is 5.87. The van der Waals surface area contributed by atoms with Gasteiger partial charge in [0.25, 0.3) is 0 Å². The van der Waals surface area contributed by atoms with Crippen LogP contribution in [-0.2, 0) is 16.1 Å². The molecule has 0 spiro atoms. The van der Waals surface area contributed by atoms with Crippen molar-refractivity contribution in [2.75, 3.05) is 42.7 Å². The van der Waals surface area contributed by atoms with Crippen LogP contribution in [0.4, 0.5) is 11.4 Å². The summed E-state index contributed by atoms with van der Waals surface area (Å²) in [4.78, 5) is 28.4. The number of carboxylic acid groups (broad SMARTS) is 1. The first-order valence-electron chi connectivity index (χ1n) is 11.1. The van der Waals surface area contributed by atoms with Gasteiger partial charge in [-0.15, -0.1) is 0 Å². The number of anilines is 2. The van der Waals surface area contributed by atoms with Crippen molar-refractivity contribution < 1.29 is 24.2 Å². The molecule has 1 aliphatic heterocycles. The summed E-state index contributed by atoms with van der Waals surface area (Å²) in [6.07, 6.45) is 0. The highest BCUT2D eigenvalue weighted by Crippen LogP contribution is 2.33. The minimum Gasteiger partial charge on any atom is -0.494 e. The summed E-state index contributed by atoms with van der Waals surface area (Å²) < 4.78 is 11.3. The zero-order chi connectivity index (χ0) is 23.4. The van der Waals surface area contributed by atoms with Gasteiger partial charge in [0.1, 0.15) is 5.75 Å². The number of carbonyl (C=O) groups excluding carboxylic acids is 1. The van der Waals surface area contributed by atoms with Crippen molar-refractivity contribution in [3.63, 3.8) is 0 Å². The second-order valence-corrected chi connectivity index (χ2v) is 7.91. The summed E-state index contributed by atoms with van der Waals surface area (Å²) in [6, 6.07) is 17.1. The molecule has 0 aromatic heterocycles. The molecule has 7 nitrogen and oxygen atoms in total. The molecule has 0 bridgehead atoms. The number of aromatic carboxylic acids is 1. The number of carboxylic acids is 1. The second-order valence-electron chi connectivity index (χ2n) is 7.91. The van der Waals surface area contributed by atoms with Gasteiger partial charge in [-0.1, -0.05) is 30.3 Å². The predicted molar refractivity (Wildman–Crippen MR) is 128 cm³/mol. The molecule has 7 heteroatoms. The number of carbonyl (C=O) groups is 2. The molecular weight excluding hydrogens is 420 g/mol. The quantitative estimate of drug-likeness (QED) is 0.580. The number of amides is 1. The Kier molecular flexibility index (Phi) is 6.79. The molecule has 3 aromatic rings. The topological polar surface area (TPSA) is 79.3 Å². The van der Waals surface area contributed by atoms with E-state index in [-0.39, 0.29) is 18.0 Å². The van der Waals surface area contributed by atoms with Crippen LogP contribution in [-0.4, -0.2) is 49.9 Å². The Morgan fingerprint density at radius 2 is 1.85 bits per heavy atom. The molecule has 1 aliphatic rings. The molecule has 0 unspecified atom stereocenters. The molecule has 172 valence electrons. The van der Waals surface area contributed by atoms with Crippen LogP contribution in [0.2, 0.25) is 0 Å². The standard InChI is InChI=1S/C26H28N2O5/c1-3-33-25-11-8-19-6-4-5-7-21(19)23(25)17-28(18(2)29)20-9-10-24(22(16-20)26(30)31)27-12-14-32-15-13-27/h4-11,16H,3,12-15,17H2,1-2H3,(H,30,31). The maximum atomic E-state index is 12.7. The van der Waals surface area contributed by atoms with Crippen molar-refractivity contribution in [2.24, 2.45) is 0 Å². The smallest absolute Gasteiger partial charge is 0.337 e. The third kappa shape index (κ3) is 4.78. The third-order valence-electron chi connectivity index (χ3n) is 5.87. The highest BCUT2D eigenvalue weighted by molar-refractivity contribution is 5.99. The minimum atomic E-state index is -1.03. The van der Waals surface area contributed by atoms with Crippen molar-refractivity contribution >= 4 is 34.0 Å². The molecule has 0 aliphatic carbocycles. The largest absolute Gasteiger partial charge is 0.494 e. The van der Waals surface area contributed by atoms with Gasteiger partial charge in [0.05, 0.1) is 37.6 Å². The Morgan fingerprint density at radius 1 is 1.09 bits per heavy atom. The summed E-state index contributed by atoms with van der Waals surface area (Å²) in [7, 11) is 0. The van der Waals surface area contributed by atoms with E-state index in [4.69, 9.17) is 9.47 Å². The monoisotopic (exact) mass is 448 g/mol. The van der Waals surface area contributed by atoms with Crippen molar-refractivity contribution in [1.29, 1.82) is 0 Å². The van der Waals surface area contributed by atoms with Gasteiger partial charge in [-0.2, -0.15) is 0 Å². The molecule has 1 amide bonds. The SMILES string of the molecule is CCOc1ccc2ccccc2c1CN(C(C)=O)c1ccc(N2CCOCC2)c(C(=O)O)c1. The van der Waals surface area contributed by atoms with Crippen LogP contribution >= 0.6 is 0 Å². The summed E-state index contributed by atoms with van der Waals surface area (Å²) in [5.41, 5.74) is 2.23. The van der Waals surface area contributed by atoms with Gasteiger partial charge in [-0.05, 0) is 42.0 Å². The van der Waals surface area contributed by atoms with Crippen LogP contribution in [0.3, 0.4) is 0 Å². The lowest BCUT2D eigenvalue weighted by molar-refractivity contribution is -0.116. The first kappa shape index (κ1) is 22.6. The van der Waals surface area contributed by atoms with Crippen LogP contribution in [0.1, 0.15) is 29.8 Å². The zero-order valence-electron chi connectivity index (χ0n) is 18.9. The van der Waals surface area contributed by atoms with E-state index in [1.807, 2.05) is 54.3 Å². The Balaban J connectivity index is 1.76. The molecule has 0 saturated carbocycles. The summed E-state index contributed by atoms with van der Waals surface area (Å²) in [5, 5.41) is 12.0. The van der Waals surface area contributed by atoms with Crippen LogP contribution in [0.25, 0.3) is 10.8 Å². The normalized spacial score (nSPS) is 13.7. The molecule has 0 atom stereocenters. The molecule has 1 N–H and O–H groups in total. The van der Waals surface area contributed by atoms with Gasteiger partial charge >= 0.3 is 5.97 Å². The lowest BCUT2D eigenvalue weighted by Crippen LogP contribution is -2.37. The van der Waals surface area contributed by atoms with E-state index in [1.54, 1.807) is 17.0 Å². The molecular formula is C26H28N2O5. The van der Waals surface area contributed by atoms with Gasteiger partial charge in [0.15, 0.2) is 0 Å². The number of rotatable bonds is 7. The number of ether oxygens (including phenoxy) is 2. The lowest BCUT2D eigenvalue weighted by Gasteiger charge is -2.31. The first-order valence-corrected chi connectivity index (χ1v) is 11.1. The van der Waals surface area contributed by atoms with Crippen molar-refractivity contribution in [3.8, 4) is 5.75 Å². The molecule has 1 saturated heterocycles. The van der Waals surface area contributed by atoms with E-state index in [1.165, 1.54) is 6.92 Å². The lowest BCUT2D eigenvalue weighted by atomic mass is 10.0. The average molecular weight is 449 g/mol. The highest BCUT2D eigenvalue weighted by atomic mass is 16.5. The van der Waals surface area contributed by atoms with E-state index >= 15 is 0 Å². The molecule has 1 heterocycles. The summed E-state index contributed by atoms with van der Waals surface area (Å²) >= 11 is 0. The predicted octanol–water partition coefficient (Wildman–Crippen LogP) is 4.33. The van der Waals surface area contributed by atoms with Crippen LogP contribution < -0.4 is 14.5 Å². The first-order chi connectivity index (χ1) is 16.0. The fourth-order valence-electron chi connectivity index (χ4n) is 4.26. The van der Waals surface area contributed by atoms with Crippen molar-refractivity contribution in [1.82, 2.24) is 0 Å². The van der Waals surface area contributed by atoms with Gasteiger partial charge < -0.3 is 24.4 Å². The molecule has 4 rings (SSSR count). The molecule has 3 aromatic carbocycles. The van der Waals surface area contributed by atoms with E-state index < -0.39 is 5.97 Å². The Hall–Kier alpha value is -3.58. The Labute approximate surface area is 193 Å². The summed E-state index contributed by atoms with van der Waals surface area (Å²) in [6.45, 7) is 6.55. The fraction of sp³-hybridized carbons (Fsp3) is 0.308. The van der Waals surface area contributed by atoms with Gasteiger partial charge in [-0.25, -0.2) is 4.79 Å². The van der Waals surface area contributed by atoms with Gasteiger partial charge in [0, 0.05) is 31.3 Å². The number of nitrogens with zero attached hydrogens (tertiary/aromatic N) is 2. The number of hydrogen-bond acceptors (Lipinski definition) is 5. The number of hydrogen-bond donors (Lipinski definition) is 1. The zero-order valence-corrected chi connectivity index (χ0v) is 18.9. The number of fused-ring (bicyclic) bond motifs is 1. The average Bonchev–Trinajstić information content (AvgIpc) is 2.83. The van der Waals surface area contributed by atoms with Crippen LogP contribution in [0.5, 0.6) is 5.75 Å².